The third-order valence-corrected chi connectivity index (χ3v) is 4.91. The molecule has 0 aliphatic rings. The van der Waals surface area contributed by atoms with E-state index in [-0.39, 0.29) is 24.0 Å². The van der Waals surface area contributed by atoms with E-state index in [1.165, 1.54) is 4.88 Å². The highest BCUT2D eigenvalue weighted by Gasteiger charge is 2.08. The zero-order valence-corrected chi connectivity index (χ0v) is 18.1. The van der Waals surface area contributed by atoms with Crippen LogP contribution in [0.1, 0.15) is 10.7 Å². The molecule has 3 aromatic rings. The lowest BCUT2D eigenvalue weighted by Gasteiger charge is -2.21. The molecular weight excluding hydrogens is 457 g/mol. The molecule has 138 valence electrons. The second-order valence-electron chi connectivity index (χ2n) is 5.76. The lowest BCUT2D eigenvalue weighted by atomic mass is 10.2. The van der Waals surface area contributed by atoms with Crippen molar-refractivity contribution in [3.05, 3.63) is 64.7 Å². The first kappa shape index (κ1) is 20.4. The lowest BCUT2D eigenvalue weighted by Crippen LogP contribution is -2.39. The number of aromatic amines is 1. The summed E-state index contributed by atoms with van der Waals surface area (Å²) < 4.78 is 0. The number of nitrogens with zero attached hydrogens (tertiary/aromatic N) is 3. The maximum Gasteiger partial charge on any atom is 0.193 e. The Bertz CT molecular complexity index is 798. The van der Waals surface area contributed by atoms with Crippen LogP contribution in [0.4, 0.5) is 0 Å². The number of hydrogen-bond acceptors (Lipinski definition) is 3. The van der Waals surface area contributed by atoms with E-state index >= 15 is 0 Å². The van der Waals surface area contributed by atoms with E-state index in [9.17, 15) is 0 Å². The molecule has 5 nitrogen and oxygen atoms in total. The molecular formula is C19H24IN5S. The van der Waals surface area contributed by atoms with Gasteiger partial charge in [-0.2, -0.15) is 0 Å². The van der Waals surface area contributed by atoms with Gasteiger partial charge in [0.2, 0.25) is 0 Å². The van der Waals surface area contributed by atoms with Crippen LogP contribution in [-0.4, -0.2) is 41.5 Å². The largest absolute Gasteiger partial charge is 0.349 e. The van der Waals surface area contributed by atoms with Crippen LogP contribution in [0.5, 0.6) is 0 Å². The first-order chi connectivity index (χ1) is 12.3. The summed E-state index contributed by atoms with van der Waals surface area (Å²) in [7, 11) is 3.86. The topological polar surface area (TPSA) is 56.3 Å². The normalized spacial score (nSPS) is 11.1. The van der Waals surface area contributed by atoms with Crippen LogP contribution in [0.15, 0.2) is 59.0 Å². The highest BCUT2D eigenvalue weighted by molar-refractivity contribution is 14.0. The predicted octanol–water partition coefficient (Wildman–Crippen LogP) is 4.01. The van der Waals surface area contributed by atoms with Crippen molar-refractivity contribution < 1.29 is 0 Å². The van der Waals surface area contributed by atoms with Crippen molar-refractivity contribution in [3.8, 4) is 11.3 Å². The van der Waals surface area contributed by atoms with Gasteiger partial charge in [0.05, 0.1) is 18.4 Å². The van der Waals surface area contributed by atoms with E-state index in [1.54, 1.807) is 11.3 Å². The quantitative estimate of drug-likeness (QED) is 0.318. The monoisotopic (exact) mass is 481 g/mol. The first-order valence-electron chi connectivity index (χ1n) is 8.29. The number of hydrogen-bond donors (Lipinski definition) is 2. The molecule has 0 amide bonds. The molecule has 0 fully saturated rings. The number of rotatable bonds is 6. The van der Waals surface area contributed by atoms with Crippen LogP contribution in [0.25, 0.3) is 11.3 Å². The van der Waals surface area contributed by atoms with E-state index in [0.29, 0.717) is 6.54 Å². The third-order valence-electron chi connectivity index (χ3n) is 3.97. The molecule has 0 aliphatic heterocycles. The van der Waals surface area contributed by atoms with Crippen LogP contribution in [0.2, 0.25) is 0 Å². The lowest BCUT2D eigenvalue weighted by molar-refractivity contribution is 0.485. The van der Waals surface area contributed by atoms with E-state index in [1.807, 2.05) is 31.4 Å². The van der Waals surface area contributed by atoms with Gasteiger partial charge in [-0.15, -0.1) is 35.3 Å². The van der Waals surface area contributed by atoms with E-state index in [2.05, 4.69) is 61.9 Å². The maximum atomic E-state index is 4.45. The second kappa shape index (κ2) is 10.3. The molecule has 0 spiro atoms. The van der Waals surface area contributed by atoms with Crippen molar-refractivity contribution >= 4 is 41.3 Å². The number of imidazole rings is 1. The minimum absolute atomic E-state index is 0. The molecule has 0 saturated heterocycles. The molecule has 2 heterocycles. The third kappa shape index (κ3) is 5.57. The summed E-state index contributed by atoms with van der Waals surface area (Å²) in [6.45, 7) is 1.54. The van der Waals surface area contributed by atoms with Crippen molar-refractivity contribution in [3.63, 3.8) is 0 Å². The van der Waals surface area contributed by atoms with Gasteiger partial charge in [0.25, 0.3) is 0 Å². The Morgan fingerprint density at radius 3 is 2.73 bits per heavy atom. The summed E-state index contributed by atoms with van der Waals surface area (Å²) in [4.78, 5) is 15.7. The summed E-state index contributed by atoms with van der Waals surface area (Å²) in [5, 5.41) is 5.48. The van der Waals surface area contributed by atoms with Crippen molar-refractivity contribution in [2.75, 3.05) is 20.6 Å². The average molecular weight is 481 g/mol. The van der Waals surface area contributed by atoms with Crippen molar-refractivity contribution in [2.45, 2.75) is 13.0 Å². The number of nitrogens with one attached hydrogen (secondary N) is 2. The van der Waals surface area contributed by atoms with Crippen LogP contribution in [0, 0.1) is 0 Å². The van der Waals surface area contributed by atoms with Gasteiger partial charge in [-0.05, 0) is 23.4 Å². The fraction of sp³-hybridized carbons (Fsp3) is 0.263. The maximum absolute atomic E-state index is 4.45. The van der Waals surface area contributed by atoms with Gasteiger partial charge >= 0.3 is 0 Å². The van der Waals surface area contributed by atoms with Crippen LogP contribution in [-0.2, 0) is 13.0 Å². The van der Waals surface area contributed by atoms with Crippen LogP contribution >= 0.6 is 35.3 Å². The Labute approximate surface area is 175 Å². The van der Waals surface area contributed by atoms with Crippen molar-refractivity contribution in [2.24, 2.45) is 4.99 Å². The average Bonchev–Trinajstić information content (AvgIpc) is 3.33. The van der Waals surface area contributed by atoms with Gasteiger partial charge in [0.1, 0.15) is 5.82 Å². The van der Waals surface area contributed by atoms with E-state index < -0.39 is 0 Å². The number of likely N-dealkylation sites (N-methyl/N-ethyl adjacent to an activating group) is 1. The molecule has 0 aliphatic carbocycles. The summed E-state index contributed by atoms with van der Waals surface area (Å²) in [6.07, 6.45) is 2.89. The van der Waals surface area contributed by atoms with Gasteiger partial charge < -0.3 is 15.2 Å². The molecule has 1 aromatic carbocycles. The van der Waals surface area contributed by atoms with Crippen molar-refractivity contribution in [1.82, 2.24) is 20.2 Å². The Hall–Kier alpha value is -1.87. The predicted molar refractivity (Wildman–Crippen MR) is 120 cm³/mol. The van der Waals surface area contributed by atoms with Gasteiger partial charge in [-0.25, -0.2) is 4.98 Å². The number of benzene rings is 1. The fourth-order valence-corrected chi connectivity index (χ4v) is 3.30. The summed E-state index contributed by atoms with van der Waals surface area (Å²) in [5.74, 6) is 1.76. The zero-order chi connectivity index (χ0) is 17.5. The molecule has 7 heteroatoms. The fourth-order valence-electron chi connectivity index (χ4n) is 2.60. The summed E-state index contributed by atoms with van der Waals surface area (Å²) in [5.41, 5.74) is 2.16. The molecule has 3 rings (SSSR count). The van der Waals surface area contributed by atoms with Gasteiger partial charge in [-0.3, -0.25) is 4.99 Å². The smallest absolute Gasteiger partial charge is 0.193 e. The van der Waals surface area contributed by atoms with Gasteiger partial charge in [0.15, 0.2) is 5.96 Å². The molecule has 2 N–H and O–H groups in total. The highest BCUT2D eigenvalue weighted by Crippen LogP contribution is 2.16. The molecule has 0 radical (unpaired) electrons. The zero-order valence-electron chi connectivity index (χ0n) is 15.0. The number of aliphatic imine (C=N–C) groups is 1. The number of aromatic nitrogens is 2. The molecule has 0 bridgehead atoms. The summed E-state index contributed by atoms with van der Waals surface area (Å²) >= 11 is 1.79. The van der Waals surface area contributed by atoms with E-state index in [0.717, 1.165) is 36.0 Å². The number of thiophene rings is 1. The Morgan fingerprint density at radius 1 is 1.23 bits per heavy atom. The van der Waals surface area contributed by atoms with E-state index in [4.69, 9.17) is 0 Å². The standard InChI is InChI=1S/C19H23N5S.HI/c1-20-19(24(2)11-10-16-9-6-12-25-16)22-14-18-21-13-17(23-18)15-7-4-3-5-8-15;/h3-9,12-13H,10-11,14H2,1-2H3,(H,20,22)(H,21,23);1H. The number of halogens is 1. The Morgan fingerprint density at radius 2 is 2.04 bits per heavy atom. The Balaban J connectivity index is 0.00000243. The second-order valence-corrected chi connectivity index (χ2v) is 6.79. The van der Waals surface area contributed by atoms with Gasteiger partial charge in [-0.1, -0.05) is 36.4 Å². The SMILES string of the molecule is CN=C(NCc1ncc(-c2ccccc2)[nH]1)N(C)CCc1cccs1.I. The Kier molecular flexibility index (Phi) is 8.11. The molecule has 0 atom stereocenters. The van der Waals surface area contributed by atoms with Crippen LogP contribution in [0.3, 0.4) is 0 Å². The highest BCUT2D eigenvalue weighted by atomic mass is 127. The van der Waals surface area contributed by atoms with Crippen LogP contribution < -0.4 is 5.32 Å². The first-order valence-corrected chi connectivity index (χ1v) is 9.17. The van der Waals surface area contributed by atoms with Crippen molar-refractivity contribution in [1.29, 1.82) is 0 Å². The van der Waals surface area contributed by atoms with Gasteiger partial charge in [0, 0.05) is 25.5 Å². The molecule has 26 heavy (non-hydrogen) atoms. The molecule has 2 aromatic heterocycles. The molecule has 0 unspecified atom stereocenters. The summed E-state index contributed by atoms with van der Waals surface area (Å²) in [6, 6.07) is 14.5. The molecule has 0 saturated carbocycles. The number of H-pyrrole nitrogens is 1. The minimum atomic E-state index is 0. The number of guanidine groups is 1. The minimum Gasteiger partial charge on any atom is -0.349 e.